The molecule has 0 saturated heterocycles. The van der Waals surface area contributed by atoms with Gasteiger partial charge in [-0.15, -0.1) is 11.6 Å². The average molecular weight is 362 g/mol. The van der Waals surface area contributed by atoms with E-state index in [4.69, 9.17) is 21.1 Å². The number of fused-ring (bicyclic) bond motifs is 1. The molecule has 0 radical (unpaired) electrons. The van der Waals surface area contributed by atoms with Crippen LogP contribution in [0.25, 0.3) is 0 Å². The van der Waals surface area contributed by atoms with Crippen LogP contribution in [0.1, 0.15) is 50.5 Å². The highest BCUT2D eigenvalue weighted by molar-refractivity contribution is 9.10. The van der Waals surface area contributed by atoms with Crippen LogP contribution in [0.5, 0.6) is 11.5 Å². The molecule has 0 spiro atoms. The summed E-state index contributed by atoms with van der Waals surface area (Å²) in [4.78, 5) is 0. The van der Waals surface area contributed by atoms with Gasteiger partial charge in [0.1, 0.15) is 13.2 Å². The summed E-state index contributed by atoms with van der Waals surface area (Å²) in [5, 5.41) is 0.0140. The molecule has 2 nitrogen and oxygen atoms in total. The van der Waals surface area contributed by atoms with Gasteiger partial charge in [-0.25, -0.2) is 0 Å². The first-order valence-corrected chi connectivity index (χ1v) is 8.63. The highest BCUT2D eigenvalue weighted by Gasteiger charge is 2.24. The van der Waals surface area contributed by atoms with Crippen LogP contribution < -0.4 is 9.47 Å². The van der Waals surface area contributed by atoms with Gasteiger partial charge in [0, 0.05) is 4.47 Å². The third-order valence-corrected chi connectivity index (χ3v) is 4.97. The van der Waals surface area contributed by atoms with Crippen LogP contribution in [0.2, 0.25) is 0 Å². The summed E-state index contributed by atoms with van der Waals surface area (Å²) in [7, 11) is 0. The first kappa shape index (κ1) is 16.0. The van der Waals surface area contributed by atoms with Crippen molar-refractivity contribution in [2.24, 2.45) is 5.92 Å². The number of rotatable bonds is 6. The maximum Gasteiger partial charge on any atom is 0.162 e. The molecule has 112 valence electrons. The Morgan fingerprint density at radius 1 is 1.10 bits per heavy atom. The van der Waals surface area contributed by atoms with Crippen molar-refractivity contribution in [3.05, 3.63) is 22.2 Å². The van der Waals surface area contributed by atoms with E-state index in [1.165, 1.54) is 0 Å². The molecule has 20 heavy (non-hydrogen) atoms. The molecule has 1 aromatic carbocycles. The summed E-state index contributed by atoms with van der Waals surface area (Å²) in [5.74, 6) is 2.12. The summed E-state index contributed by atoms with van der Waals surface area (Å²) < 4.78 is 12.3. The number of halogens is 2. The SMILES string of the molecule is CCCC(CCC)C(Cl)c1cc2c(cc1Br)OCCO2. The van der Waals surface area contributed by atoms with Gasteiger partial charge < -0.3 is 9.47 Å². The quantitative estimate of drug-likeness (QED) is 0.604. The number of hydrogen-bond donors (Lipinski definition) is 0. The van der Waals surface area contributed by atoms with Gasteiger partial charge in [0.2, 0.25) is 0 Å². The Kier molecular flexibility index (Phi) is 6.03. The lowest BCUT2D eigenvalue weighted by molar-refractivity contribution is 0.171. The molecule has 0 N–H and O–H groups in total. The Balaban J connectivity index is 2.25. The minimum absolute atomic E-state index is 0.0140. The van der Waals surface area contributed by atoms with Crippen LogP contribution in [0, 0.1) is 5.92 Å². The minimum Gasteiger partial charge on any atom is -0.486 e. The third kappa shape index (κ3) is 3.62. The van der Waals surface area contributed by atoms with Crippen molar-refractivity contribution in [3.63, 3.8) is 0 Å². The highest BCUT2D eigenvalue weighted by atomic mass is 79.9. The zero-order valence-corrected chi connectivity index (χ0v) is 14.5. The Labute approximate surface area is 134 Å². The second-order valence-corrected chi connectivity index (χ2v) is 6.58. The van der Waals surface area contributed by atoms with E-state index in [0.717, 1.165) is 47.2 Å². The van der Waals surface area contributed by atoms with E-state index in [0.29, 0.717) is 19.1 Å². The molecule has 1 atom stereocenters. The van der Waals surface area contributed by atoms with Gasteiger partial charge in [-0.3, -0.25) is 0 Å². The maximum atomic E-state index is 6.75. The summed E-state index contributed by atoms with van der Waals surface area (Å²) in [6.45, 7) is 5.64. The molecule has 1 aliphatic rings. The van der Waals surface area contributed by atoms with E-state index >= 15 is 0 Å². The largest absolute Gasteiger partial charge is 0.486 e. The number of hydrogen-bond acceptors (Lipinski definition) is 2. The molecule has 0 fully saturated rings. The van der Waals surface area contributed by atoms with Gasteiger partial charge in [-0.1, -0.05) is 42.6 Å². The third-order valence-electron chi connectivity index (χ3n) is 3.69. The van der Waals surface area contributed by atoms with Crippen molar-refractivity contribution in [3.8, 4) is 11.5 Å². The molecule has 0 aromatic heterocycles. The van der Waals surface area contributed by atoms with Crippen molar-refractivity contribution < 1.29 is 9.47 Å². The van der Waals surface area contributed by atoms with Crippen LogP contribution in [0.3, 0.4) is 0 Å². The van der Waals surface area contributed by atoms with Crippen LogP contribution in [-0.4, -0.2) is 13.2 Å². The molecule has 0 saturated carbocycles. The topological polar surface area (TPSA) is 18.5 Å². The standard InChI is InChI=1S/C16H22BrClO2/c1-3-5-11(6-4-2)16(18)12-9-14-15(10-13(12)17)20-8-7-19-14/h9-11,16H,3-8H2,1-2H3. The summed E-state index contributed by atoms with van der Waals surface area (Å²) >= 11 is 10.4. The minimum atomic E-state index is 0.0140. The summed E-state index contributed by atoms with van der Waals surface area (Å²) in [5.41, 5.74) is 1.11. The van der Waals surface area contributed by atoms with Crippen molar-refractivity contribution in [2.75, 3.05) is 13.2 Å². The Bertz CT molecular complexity index is 444. The van der Waals surface area contributed by atoms with Gasteiger partial charge >= 0.3 is 0 Å². The van der Waals surface area contributed by atoms with Crippen LogP contribution in [0.4, 0.5) is 0 Å². The molecule has 1 unspecified atom stereocenters. The Morgan fingerprint density at radius 2 is 1.65 bits per heavy atom. The first-order chi connectivity index (χ1) is 9.67. The molecule has 2 rings (SSSR count). The van der Waals surface area contributed by atoms with E-state index in [9.17, 15) is 0 Å². The van der Waals surface area contributed by atoms with Crippen LogP contribution >= 0.6 is 27.5 Å². The Morgan fingerprint density at radius 3 is 2.20 bits per heavy atom. The lowest BCUT2D eigenvalue weighted by Crippen LogP contribution is -2.16. The Hall–Kier alpha value is -0.410. The molecular formula is C16H22BrClO2. The van der Waals surface area contributed by atoms with E-state index in [1.54, 1.807) is 0 Å². The van der Waals surface area contributed by atoms with E-state index in [-0.39, 0.29) is 5.38 Å². The predicted molar refractivity (Wildman–Crippen MR) is 87.0 cm³/mol. The van der Waals surface area contributed by atoms with Crippen molar-refractivity contribution in [1.82, 2.24) is 0 Å². The summed E-state index contributed by atoms with van der Waals surface area (Å²) in [6, 6.07) is 4.02. The number of benzene rings is 1. The lowest BCUT2D eigenvalue weighted by Gasteiger charge is -2.25. The molecule has 1 aliphatic heterocycles. The highest BCUT2D eigenvalue weighted by Crippen LogP contribution is 2.43. The fourth-order valence-corrected chi connectivity index (χ4v) is 3.86. The van der Waals surface area contributed by atoms with Gasteiger partial charge in [-0.05, 0) is 36.5 Å². The van der Waals surface area contributed by atoms with E-state index < -0.39 is 0 Å². The zero-order chi connectivity index (χ0) is 14.5. The smallest absolute Gasteiger partial charge is 0.162 e. The fourth-order valence-electron chi connectivity index (χ4n) is 2.72. The number of ether oxygens (including phenoxy) is 2. The van der Waals surface area contributed by atoms with Gasteiger partial charge in [0.25, 0.3) is 0 Å². The van der Waals surface area contributed by atoms with E-state index in [1.807, 2.05) is 12.1 Å². The van der Waals surface area contributed by atoms with Gasteiger partial charge in [-0.2, -0.15) is 0 Å². The predicted octanol–water partition coefficient (Wildman–Crippen LogP) is 5.72. The zero-order valence-electron chi connectivity index (χ0n) is 12.1. The van der Waals surface area contributed by atoms with Crippen molar-refractivity contribution in [2.45, 2.75) is 44.9 Å². The average Bonchev–Trinajstić information content (AvgIpc) is 2.45. The van der Waals surface area contributed by atoms with Crippen LogP contribution in [-0.2, 0) is 0 Å². The van der Waals surface area contributed by atoms with Gasteiger partial charge in [0.15, 0.2) is 11.5 Å². The maximum absolute atomic E-state index is 6.75. The second-order valence-electron chi connectivity index (χ2n) is 5.26. The molecule has 1 aromatic rings. The van der Waals surface area contributed by atoms with E-state index in [2.05, 4.69) is 29.8 Å². The normalized spacial score (nSPS) is 15.4. The van der Waals surface area contributed by atoms with Crippen molar-refractivity contribution in [1.29, 1.82) is 0 Å². The molecule has 0 bridgehead atoms. The molecule has 0 aliphatic carbocycles. The second kappa shape index (κ2) is 7.56. The lowest BCUT2D eigenvalue weighted by atomic mass is 9.90. The van der Waals surface area contributed by atoms with Gasteiger partial charge in [0.05, 0.1) is 5.38 Å². The molecule has 1 heterocycles. The number of alkyl halides is 1. The van der Waals surface area contributed by atoms with Crippen molar-refractivity contribution >= 4 is 27.5 Å². The summed E-state index contributed by atoms with van der Waals surface area (Å²) in [6.07, 6.45) is 4.64. The molecule has 4 heteroatoms. The molecule has 0 amide bonds. The fraction of sp³-hybridized carbons (Fsp3) is 0.625. The molecular weight excluding hydrogens is 340 g/mol. The first-order valence-electron chi connectivity index (χ1n) is 7.40. The van der Waals surface area contributed by atoms with Crippen LogP contribution in [0.15, 0.2) is 16.6 Å². The monoisotopic (exact) mass is 360 g/mol.